The molecule has 1 atom stereocenters. The predicted octanol–water partition coefficient (Wildman–Crippen LogP) is 5.42. The Kier molecular flexibility index (Phi) is 8.42. The van der Waals surface area contributed by atoms with Crippen LogP contribution >= 0.6 is 11.6 Å². The first-order valence-electron chi connectivity index (χ1n) is 12.2. The van der Waals surface area contributed by atoms with Crippen molar-refractivity contribution in [2.24, 2.45) is 0 Å². The van der Waals surface area contributed by atoms with Crippen LogP contribution in [0.15, 0.2) is 42.6 Å². The average molecular weight is 541 g/mol. The number of amides is 2. The highest BCUT2D eigenvalue weighted by atomic mass is 35.5. The fourth-order valence-corrected chi connectivity index (χ4v) is 4.53. The summed E-state index contributed by atoms with van der Waals surface area (Å²) in [6.45, 7) is 4.65. The van der Waals surface area contributed by atoms with Gasteiger partial charge >= 0.3 is 6.03 Å². The van der Waals surface area contributed by atoms with Gasteiger partial charge in [-0.1, -0.05) is 24.6 Å². The van der Waals surface area contributed by atoms with E-state index in [9.17, 15) is 15.2 Å². The molecule has 0 spiro atoms. The lowest BCUT2D eigenvalue weighted by Crippen LogP contribution is -2.41. The number of anilines is 4. The molecule has 1 aliphatic rings. The van der Waals surface area contributed by atoms with Gasteiger partial charge in [-0.05, 0) is 43.7 Å². The number of hydrogen-bond acceptors (Lipinski definition) is 6. The summed E-state index contributed by atoms with van der Waals surface area (Å²) in [5.41, 5.74) is 0.906. The molecule has 11 heteroatoms. The molecule has 2 heterocycles. The van der Waals surface area contributed by atoms with E-state index in [2.05, 4.69) is 15.6 Å². The number of benzene rings is 2. The third-order valence-electron chi connectivity index (χ3n) is 6.33. The fraction of sp³-hybridized carbons (Fsp3) is 0.296. The number of aliphatic hydroxyl groups is 1. The van der Waals surface area contributed by atoms with Crippen LogP contribution in [-0.4, -0.2) is 48.4 Å². The number of halogens is 3. The van der Waals surface area contributed by atoms with E-state index in [0.29, 0.717) is 29.2 Å². The number of nitrogens with zero attached hydrogens (tertiary/aromatic N) is 4. The summed E-state index contributed by atoms with van der Waals surface area (Å²) in [5.74, 6) is -1.64. The average Bonchev–Trinajstić information content (AvgIpc) is 3.00. The van der Waals surface area contributed by atoms with E-state index in [4.69, 9.17) is 11.6 Å². The molecular formula is C27H27ClF2N6O2. The summed E-state index contributed by atoms with van der Waals surface area (Å²) < 4.78 is 31.2. The monoisotopic (exact) mass is 540 g/mol. The molecule has 0 aliphatic carbocycles. The largest absolute Gasteiger partial charge is 0.395 e. The molecular weight excluding hydrogens is 514 g/mol. The zero-order chi connectivity index (χ0) is 27.4. The summed E-state index contributed by atoms with van der Waals surface area (Å²) in [6, 6.07) is 9.67. The molecule has 1 aromatic heterocycles. The van der Waals surface area contributed by atoms with Crippen molar-refractivity contribution in [3.8, 4) is 17.2 Å². The second kappa shape index (κ2) is 11.7. The first kappa shape index (κ1) is 27.3. The number of aliphatic hydroxyl groups excluding tert-OH is 1. The van der Waals surface area contributed by atoms with Crippen LogP contribution in [0.1, 0.15) is 25.8 Å². The summed E-state index contributed by atoms with van der Waals surface area (Å²) >= 11 is 6.21. The number of fused-ring (bicyclic) bond motifs is 3. The first-order valence-corrected chi connectivity index (χ1v) is 12.6. The molecule has 0 bridgehead atoms. The molecule has 3 N–H and O–H groups in total. The Morgan fingerprint density at radius 2 is 1.87 bits per heavy atom. The maximum Gasteiger partial charge on any atom is 0.334 e. The highest BCUT2D eigenvalue weighted by Gasteiger charge is 2.36. The molecule has 3 aromatic rings. The molecule has 1 unspecified atom stereocenters. The lowest BCUT2D eigenvalue weighted by Gasteiger charge is -2.28. The fourth-order valence-electron chi connectivity index (χ4n) is 4.38. The molecule has 4 rings (SSSR count). The van der Waals surface area contributed by atoms with E-state index in [1.54, 1.807) is 25.1 Å². The minimum Gasteiger partial charge on any atom is -0.395 e. The van der Waals surface area contributed by atoms with E-state index in [0.717, 1.165) is 23.5 Å². The summed E-state index contributed by atoms with van der Waals surface area (Å²) in [4.78, 5) is 20.4. The van der Waals surface area contributed by atoms with Crippen molar-refractivity contribution < 1.29 is 18.7 Å². The minimum absolute atomic E-state index is 0.00627. The van der Waals surface area contributed by atoms with Gasteiger partial charge in [-0.25, -0.2) is 18.6 Å². The Morgan fingerprint density at radius 1 is 1.13 bits per heavy atom. The Labute approximate surface area is 224 Å². The molecule has 0 fully saturated rings. The van der Waals surface area contributed by atoms with Crippen molar-refractivity contribution in [3.05, 3.63) is 64.8 Å². The van der Waals surface area contributed by atoms with Crippen molar-refractivity contribution in [2.45, 2.75) is 26.3 Å². The third kappa shape index (κ3) is 5.27. The maximum absolute atomic E-state index is 15.6. The van der Waals surface area contributed by atoms with Gasteiger partial charge in [-0.3, -0.25) is 9.80 Å². The van der Waals surface area contributed by atoms with Gasteiger partial charge in [0.25, 0.3) is 0 Å². The van der Waals surface area contributed by atoms with Crippen molar-refractivity contribution in [3.63, 3.8) is 0 Å². The second-order valence-electron chi connectivity index (χ2n) is 8.69. The third-order valence-corrected chi connectivity index (χ3v) is 6.53. The molecule has 2 amide bonds. The minimum atomic E-state index is -0.961. The van der Waals surface area contributed by atoms with Crippen molar-refractivity contribution in [2.75, 3.05) is 41.4 Å². The molecule has 0 saturated heterocycles. The van der Waals surface area contributed by atoms with Crippen molar-refractivity contribution >= 4 is 40.5 Å². The van der Waals surface area contributed by atoms with Gasteiger partial charge in [-0.2, -0.15) is 5.26 Å². The van der Waals surface area contributed by atoms with Crippen LogP contribution in [0.25, 0.3) is 11.1 Å². The molecule has 0 saturated carbocycles. The van der Waals surface area contributed by atoms with E-state index in [1.807, 2.05) is 13.0 Å². The van der Waals surface area contributed by atoms with Gasteiger partial charge in [0.1, 0.15) is 11.5 Å². The van der Waals surface area contributed by atoms with Gasteiger partial charge in [0.2, 0.25) is 0 Å². The number of urea groups is 1. The topological polar surface area (TPSA) is 105 Å². The Morgan fingerprint density at radius 3 is 2.50 bits per heavy atom. The summed E-state index contributed by atoms with van der Waals surface area (Å²) in [7, 11) is 0. The number of nitrogens with one attached hydrogen (secondary N) is 2. The lowest BCUT2D eigenvalue weighted by atomic mass is 10.0. The van der Waals surface area contributed by atoms with Crippen LogP contribution < -0.4 is 20.4 Å². The van der Waals surface area contributed by atoms with Crippen LogP contribution in [0, 0.1) is 23.0 Å². The van der Waals surface area contributed by atoms with Gasteiger partial charge in [-0.15, -0.1) is 0 Å². The van der Waals surface area contributed by atoms with Crippen LogP contribution in [-0.2, 0) is 0 Å². The molecule has 1 aliphatic heterocycles. The van der Waals surface area contributed by atoms with Gasteiger partial charge in [0, 0.05) is 48.7 Å². The number of carbonyl (C=O) groups is 1. The van der Waals surface area contributed by atoms with Crippen molar-refractivity contribution in [1.29, 1.82) is 5.26 Å². The predicted molar refractivity (Wildman–Crippen MR) is 144 cm³/mol. The molecule has 198 valence electrons. The molecule has 2 aromatic carbocycles. The normalized spacial score (nSPS) is 13.4. The van der Waals surface area contributed by atoms with Crippen molar-refractivity contribution in [1.82, 2.24) is 10.3 Å². The van der Waals surface area contributed by atoms with E-state index in [1.165, 1.54) is 17.2 Å². The lowest BCUT2D eigenvalue weighted by molar-refractivity contribution is 0.240. The van der Waals surface area contributed by atoms with Crippen LogP contribution in [0.2, 0.25) is 5.02 Å². The highest BCUT2D eigenvalue weighted by Crippen LogP contribution is 2.45. The number of rotatable bonds is 9. The van der Waals surface area contributed by atoms with E-state index in [-0.39, 0.29) is 41.9 Å². The Balaban J connectivity index is 1.78. The number of aromatic nitrogens is 1. The Bertz CT molecular complexity index is 1370. The highest BCUT2D eigenvalue weighted by molar-refractivity contribution is 6.31. The van der Waals surface area contributed by atoms with Gasteiger partial charge < -0.3 is 15.7 Å². The first-order chi connectivity index (χ1) is 18.3. The summed E-state index contributed by atoms with van der Waals surface area (Å²) in [5, 5.41) is 25.2. The summed E-state index contributed by atoms with van der Waals surface area (Å²) in [6.07, 6.45) is 2.14. The van der Waals surface area contributed by atoms with Crippen LogP contribution in [0.3, 0.4) is 0 Å². The standard InChI is InChI=1S/C27H27ClF2N6O2/c1-3-18(15-37)32-7-8-33-19-11-22(29)25(23(30)12-19)36-24-9-16(13-31)5-6-20(24)21-10-17(28)14-34-26(21)35(4-2)27(36)38/h5-6,9-12,14,18,32-33,37H,3-4,7-8,15H2,1-2H3. The molecule has 8 nitrogen and oxygen atoms in total. The van der Waals surface area contributed by atoms with E-state index >= 15 is 8.78 Å². The zero-order valence-electron chi connectivity index (χ0n) is 20.9. The quantitative estimate of drug-likeness (QED) is 0.313. The molecule has 38 heavy (non-hydrogen) atoms. The van der Waals surface area contributed by atoms with E-state index < -0.39 is 23.4 Å². The SMILES string of the molecule is CCC(CO)NCCNc1cc(F)c(N2C(=O)N(CC)c3ncc(Cl)cc3-c3ccc(C#N)cc32)c(F)c1. The van der Waals surface area contributed by atoms with Crippen LogP contribution in [0.4, 0.5) is 36.5 Å². The smallest absolute Gasteiger partial charge is 0.334 e. The number of carbonyl (C=O) groups excluding carboxylic acids is 1. The number of hydrogen-bond donors (Lipinski definition) is 3. The number of nitriles is 1. The van der Waals surface area contributed by atoms with Gasteiger partial charge in [0.05, 0.1) is 28.9 Å². The van der Waals surface area contributed by atoms with Gasteiger partial charge in [0.15, 0.2) is 11.6 Å². The second-order valence-corrected chi connectivity index (χ2v) is 9.12. The zero-order valence-corrected chi connectivity index (χ0v) is 21.7. The maximum atomic E-state index is 15.6. The number of pyridine rings is 1. The Hall–Kier alpha value is -3.78. The molecule has 0 radical (unpaired) electrons. The van der Waals surface area contributed by atoms with Crippen LogP contribution in [0.5, 0.6) is 0 Å².